The number of carboxylic acids is 2. The summed E-state index contributed by atoms with van der Waals surface area (Å²) in [6.45, 7) is 6.72. The van der Waals surface area contributed by atoms with Crippen LogP contribution in [0.3, 0.4) is 0 Å². The number of aliphatic carboxylic acids is 2. The Labute approximate surface area is 114 Å². The molecule has 0 saturated heterocycles. The van der Waals surface area contributed by atoms with Gasteiger partial charge in [0, 0.05) is 0 Å². The molecule has 0 unspecified atom stereocenters. The van der Waals surface area contributed by atoms with Crippen LogP contribution in [0.4, 0.5) is 0 Å². The number of hydrogen-bond acceptors (Lipinski definition) is 2. The van der Waals surface area contributed by atoms with E-state index < -0.39 is 22.8 Å². The predicted octanol–water partition coefficient (Wildman–Crippen LogP) is -0.895. The Morgan fingerprint density at radius 2 is 1.47 bits per heavy atom. The maximum absolute atomic E-state index is 11.1. The van der Waals surface area contributed by atoms with Crippen LogP contribution in [-0.4, -0.2) is 22.2 Å². The fraction of sp³-hybridized carbons (Fsp3) is 0.800. The van der Waals surface area contributed by atoms with Crippen LogP contribution in [0.1, 0.15) is 42.0 Å². The molecule has 0 amide bonds. The summed E-state index contributed by atoms with van der Waals surface area (Å²) in [5.41, 5.74) is -2.47. The van der Waals surface area contributed by atoms with Gasteiger partial charge in [0.15, 0.2) is 5.41 Å². The molecule has 15 heavy (non-hydrogen) atoms. The van der Waals surface area contributed by atoms with Gasteiger partial charge in [-0.15, -0.1) is 0 Å². The minimum Gasteiger partial charge on any atom is -1.00 e. The molecule has 84 valence electrons. The van der Waals surface area contributed by atoms with Gasteiger partial charge in [-0.25, -0.2) is 0 Å². The molecular weight excluding hydrogens is 207 g/mol. The molecule has 0 aliphatic carbocycles. The van der Waals surface area contributed by atoms with Gasteiger partial charge in [0.05, 0.1) is 0 Å². The summed E-state index contributed by atoms with van der Waals surface area (Å²) in [5.74, 6) is -2.50. The molecule has 0 saturated carbocycles. The van der Waals surface area contributed by atoms with Crippen molar-refractivity contribution in [1.29, 1.82) is 0 Å². The Kier molecular flexibility index (Phi) is 6.79. The van der Waals surface area contributed by atoms with E-state index >= 15 is 0 Å². The zero-order chi connectivity index (χ0) is 11.6. The fourth-order valence-electron chi connectivity index (χ4n) is 1.70. The molecule has 0 aliphatic heterocycles. The number of hydrogen-bond donors (Lipinski definition) is 2. The summed E-state index contributed by atoms with van der Waals surface area (Å²) >= 11 is 0. The molecule has 0 aliphatic rings. The Bertz CT molecular complexity index is 234. The van der Waals surface area contributed by atoms with E-state index in [4.69, 9.17) is 10.2 Å². The quantitative estimate of drug-likeness (QED) is 0.481. The van der Waals surface area contributed by atoms with Crippen LogP contribution < -0.4 is 29.6 Å². The summed E-state index contributed by atoms with van der Waals surface area (Å²) < 4.78 is 0. The van der Waals surface area contributed by atoms with Gasteiger partial charge in [0.2, 0.25) is 0 Å². The minimum atomic E-state index is -1.68. The molecule has 0 spiro atoms. The first-order valence-corrected chi connectivity index (χ1v) is 4.67. The normalized spacial score (nSPS) is 11.7. The molecule has 0 atom stereocenters. The van der Waals surface area contributed by atoms with Crippen molar-refractivity contribution in [3.8, 4) is 0 Å². The fourth-order valence-corrected chi connectivity index (χ4v) is 1.70. The van der Waals surface area contributed by atoms with Crippen LogP contribution in [0.5, 0.6) is 0 Å². The molecule has 0 radical (unpaired) electrons. The van der Waals surface area contributed by atoms with Crippen molar-refractivity contribution in [2.75, 3.05) is 0 Å². The second-order valence-corrected chi connectivity index (χ2v) is 4.52. The second kappa shape index (κ2) is 5.87. The minimum absolute atomic E-state index is 0. The largest absolute Gasteiger partial charge is 1.00 e. The van der Waals surface area contributed by atoms with Gasteiger partial charge in [0.25, 0.3) is 0 Å². The average molecular weight is 226 g/mol. The number of carbonyl (C=O) groups is 2. The van der Waals surface area contributed by atoms with Crippen molar-refractivity contribution in [2.24, 2.45) is 10.8 Å². The second-order valence-electron chi connectivity index (χ2n) is 4.52. The maximum atomic E-state index is 11.1. The molecule has 0 heterocycles. The first kappa shape index (κ1) is 17.3. The topological polar surface area (TPSA) is 74.6 Å². The van der Waals surface area contributed by atoms with Crippen LogP contribution in [0.15, 0.2) is 0 Å². The van der Waals surface area contributed by atoms with Gasteiger partial charge < -0.3 is 11.6 Å². The summed E-state index contributed by atoms with van der Waals surface area (Å²) in [5, 5.41) is 18.2. The molecule has 4 nitrogen and oxygen atoms in total. The third kappa shape index (κ3) is 3.20. The molecule has 5 heteroatoms. The van der Waals surface area contributed by atoms with E-state index in [1.165, 1.54) is 0 Å². The SMILES string of the molecule is CCCC(C(=O)O)(C(=O)O)C(C)(C)C.[H-].[Na+]. The first-order chi connectivity index (χ1) is 6.20. The Morgan fingerprint density at radius 1 is 1.13 bits per heavy atom. The molecular formula is C10H19NaO4. The summed E-state index contributed by atoms with van der Waals surface area (Å²) in [6, 6.07) is 0. The van der Waals surface area contributed by atoms with E-state index in [2.05, 4.69) is 0 Å². The van der Waals surface area contributed by atoms with Crippen molar-refractivity contribution in [2.45, 2.75) is 40.5 Å². The van der Waals surface area contributed by atoms with Gasteiger partial charge in [-0.1, -0.05) is 34.1 Å². The van der Waals surface area contributed by atoms with E-state index in [1.807, 2.05) is 0 Å². The van der Waals surface area contributed by atoms with E-state index in [-0.39, 0.29) is 37.4 Å². The van der Waals surface area contributed by atoms with Crippen molar-refractivity contribution in [3.63, 3.8) is 0 Å². The van der Waals surface area contributed by atoms with E-state index in [0.29, 0.717) is 6.42 Å². The van der Waals surface area contributed by atoms with E-state index in [0.717, 1.165) is 0 Å². The molecule has 0 bridgehead atoms. The molecule has 0 rings (SSSR count). The Balaban J connectivity index is -0.000000845. The zero-order valence-electron chi connectivity index (χ0n) is 11.1. The Morgan fingerprint density at radius 3 is 1.53 bits per heavy atom. The van der Waals surface area contributed by atoms with Crippen LogP contribution >= 0.6 is 0 Å². The van der Waals surface area contributed by atoms with Gasteiger partial charge in [-0.05, 0) is 11.8 Å². The van der Waals surface area contributed by atoms with Crippen LogP contribution in [0.25, 0.3) is 0 Å². The number of rotatable bonds is 4. The number of carboxylic acid groups (broad SMARTS) is 2. The standard InChI is InChI=1S/C10H18O4.Na.H/c1-5-6-10(7(11)12,8(13)14)9(2,3)4;;/h5-6H2,1-4H3,(H,11,12)(H,13,14);;/q;+1;-1. The Hall–Kier alpha value is -0.0600. The summed E-state index contributed by atoms with van der Waals surface area (Å²) in [4.78, 5) is 22.2. The van der Waals surface area contributed by atoms with Gasteiger partial charge in [-0.3, -0.25) is 9.59 Å². The smallest absolute Gasteiger partial charge is 1.00 e. The van der Waals surface area contributed by atoms with Crippen molar-refractivity contribution in [3.05, 3.63) is 0 Å². The van der Waals surface area contributed by atoms with Crippen LogP contribution in [0, 0.1) is 10.8 Å². The van der Waals surface area contributed by atoms with Crippen molar-refractivity contribution in [1.82, 2.24) is 0 Å². The van der Waals surface area contributed by atoms with Crippen LogP contribution in [0.2, 0.25) is 0 Å². The van der Waals surface area contributed by atoms with Gasteiger partial charge in [-0.2, -0.15) is 0 Å². The first-order valence-electron chi connectivity index (χ1n) is 4.67. The third-order valence-corrected chi connectivity index (χ3v) is 2.64. The third-order valence-electron chi connectivity index (χ3n) is 2.64. The van der Waals surface area contributed by atoms with Crippen LogP contribution in [-0.2, 0) is 9.59 Å². The van der Waals surface area contributed by atoms with Gasteiger partial charge >= 0.3 is 41.5 Å². The molecule has 0 aromatic carbocycles. The molecule has 2 N–H and O–H groups in total. The average Bonchev–Trinajstić information content (AvgIpc) is 1.95. The van der Waals surface area contributed by atoms with Crippen molar-refractivity contribution < 1.29 is 50.8 Å². The summed E-state index contributed by atoms with van der Waals surface area (Å²) in [7, 11) is 0. The predicted molar refractivity (Wildman–Crippen MR) is 53.2 cm³/mol. The summed E-state index contributed by atoms with van der Waals surface area (Å²) in [6.07, 6.45) is 0.692. The van der Waals surface area contributed by atoms with Gasteiger partial charge in [0.1, 0.15) is 0 Å². The van der Waals surface area contributed by atoms with Crippen molar-refractivity contribution >= 4 is 11.9 Å². The van der Waals surface area contributed by atoms with E-state index in [9.17, 15) is 9.59 Å². The molecule has 0 aromatic heterocycles. The zero-order valence-corrected chi connectivity index (χ0v) is 12.1. The molecule has 0 fully saturated rings. The monoisotopic (exact) mass is 226 g/mol. The maximum Gasteiger partial charge on any atom is 1.00 e. The molecule has 0 aromatic rings. The van der Waals surface area contributed by atoms with E-state index in [1.54, 1.807) is 27.7 Å².